The lowest BCUT2D eigenvalue weighted by molar-refractivity contribution is 0.111. The van der Waals surface area contributed by atoms with Crippen molar-refractivity contribution in [2.45, 2.75) is 51.1 Å². The predicted molar refractivity (Wildman–Crippen MR) is 88.1 cm³/mol. The Hall–Kier alpha value is -0.380. The number of rotatable bonds is 4. The number of hydrogen-bond donors (Lipinski definition) is 1. The van der Waals surface area contributed by atoms with Gasteiger partial charge in [-0.1, -0.05) is 28.9 Å². The maximum Gasteiger partial charge on any atom is 0.0357 e. The van der Waals surface area contributed by atoms with E-state index in [0.717, 1.165) is 6.04 Å². The number of hydrogen-bond acceptors (Lipinski definition) is 2. The molecule has 2 unspecified atom stereocenters. The van der Waals surface area contributed by atoms with Gasteiger partial charge in [0.2, 0.25) is 0 Å². The minimum absolute atomic E-state index is 0.642. The van der Waals surface area contributed by atoms with E-state index in [1.165, 1.54) is 56.2 Å². The Bertz CT molecular complexity index is 454. The topological polar surface area (TPSA) is 15.3 Å². The van der Waals surface area contributed by atoms with Crippen LogP contribution in [-0.4, -0.2) is 30.6 Å². The molecule has 2 nitrogen and oxygen atoms in total. The summed E-state index contributed by atoms with van der Waals surface area (Å²) in [6, 6.07) is 8.24. The average Bonchev–Trinajstić information content (AvgIpc) is 2.88. The Labute approximate surface area is 131 Å². The van der Waals surface area contributed by atoms with Crippen molar-refractivity contribution in [3.05, 3.63) is 33.8 Å². The summed E-state index contributed by atoms with van der Waals surface area (Å²) in [5, 5.41) is 3.58. The number of aryl methyl sites for hydroxylation is 1. The first-order chi connectivity index (χ1) is 9.79. The number of nitrogens with zero attached hydrogens (tertiary/aromatic N) is 1. The van der Waals surface area contributed by atoms with Gasteiger partial charge in [-0.2, -0.15) is 0 Å². The molecule has 0 aromatic heterocycles. The molecule has 1 aliphatic heterocycles. The van der Waals surface area contributed by atoms with Crippen molar-refractivity contribution in [2.24, 2.45) is 0 Å². The minimum Gasteiger partial charge on any atom is -0.315 e. The highest BCUT2D eigenvalue weighted by molar-refractivity contribution is 9.10. The maximum absolute atomic E-state index is 3.61. The molecule has 0 amide bonds. The first kappa shape index (κ1) is 14.6. The van der Waals surface area contributed by atoms with Crippen LogP contribution in [0, 0.1) is 0 Å². The Morgan fingerprint density at radius 3 is 3.00 bits per heavy atom. The summed E-state index contributed by atoms with van der Waals surface area (Å²) < 4.78 is 1.22. The summed E-state index contributed by atoms with van der Waals surface area (Å²) in [5.41, 5.74) is 3.13. The summed E-state index contributed by atoms with van der Waals surface area (Å²) in [4.78, 5) is 2.78. The smallest absolute Gasteiger partial charge is 0.0357 e. The molecule has 0 bridgehead atoms. The second-order valence-electron chi connectivity index (χ2n) is 6.14. The van der Waals surface area contributed by atoms with Crippen molar-refractivity contribution in [1.29, 1.82) is 0 Å². The monoisotopic (exact) mass is 336 g/mol. The fourth-order valence-corrected chi connectivity index (χ4v) is 4.28. The van der Waals surface area contributed by atoms with Crippen LogP contribution in [0.3, 0.4) is 0 Å². The van der Waals surface area contributed by atoms with E-state index in [0.29, 0.717) is 6.04 Å². The van der Waals surface area contributed by atoms with E-state index < -0.39 is 0 Å². The zero-order valence-electron chi connectivity index (χ0n) is 12.4. The third-order valence-electron chi connectivity index (χ3n) is 4.77. The van der Waals surface area contributed by atoms with Crippen LogP contribution in [0.4, 0.5) is 0 Å². The molecule has 1 heterocycles. The standard InChI is InChI=1S/C17H25BrN2/c1-2-10-20(15-4-3-9-19-12-15)17-8-5-13-11-14(18)6-7-16(13)17/h6-7,11,15,17,19H,2-5,8-10,12H2,1H3. The summed E-state index contributed by atoms with van der Waals surface area (Å²) >= 11 is 3.61. The molecule has 0 saturated carbocycles. The van der Waals surface area contributed by atoms with Gasteiger partial charge in [0.25, 0.3) is 0 Å². The molecular weight excluding hydrogens is 312 g/mol. The Morgan fingerprint density at radius 1 is 1.35 bits per heavy atom. The molecule has 3 rings (SSSR count). The maximum atomic E-state index is 3.61. The van der Waals surface area contributed by atoms with Gasteiger partial charge in [-0.15, -0.1) is 0 Å². The molecule has 1 aromatic carbocycles. The van der Waals surface area contributed by atoms with E-state index in [2.05, 4.69) is 51.3 Å². The Kier molecular flexibility index (Phi) is 4.79. The number of fused-ring (bicyclic) bond motifs is 1. The van der Waals surface area contributed by atoms with Gasteiger partial charge in [0.15, 0.2) is 0 Å². The molecule has 1 saturated heterocycles. The molecule has 1 fully saturated rings. The summed E-state index contributed by atoms with van der Waals surface area (Å²) in [6.45, 7) is 5.90. The largest absolute Gasteiger partial charge is 0.315 e. The fourth-order valence-electron chi connectivity index (χ4n) is 3.88. The number of halogens is 1. The summed E-state index contributed by atoms with van der Waals surface area (Å²) in [5.74, 6) is 0. The second-order valence-corrected chi connectivity index (χ2v) is 7.05. The lowest BCUT2D eigenvalue weighted by atomic mass is 10.00. The lowest BCUT2D eigenvalue weighted by Crippen LogP contribution is -2.47. The zero-order valence-corrected chi connectivity index (χ0v) is 14.0. The van der Waals surface area contributed by atoms with Crippen molar-refractivity contribution in [3.63, 3.8) is 0 Å². The van der Waals surface area contributed by atoms with Crippen molar-refractivity contribution in [2.75, 3.05) is 19.6 Å². The molecule has 0 spiro atoms. The van der Waals surface area contributed by atoms with Crippen LogP contribution < -0.4 is 5.32 Å². The Balaban J connectivity index is 1.82. The van der Waals surface area contributed by atoms with Crippen LogP contribution in [0.1, 0.15) is 49.8 Å². The van der Waals surface area contributed by atoms with Crippen molar-refractivity contribution >= 4 is 15.9 Å². The lowest BCUT2D eigenvalue weighted by Gasteiger charge is -2.39. The number of piperidine rings is 1. The van der Waals surface area contributed by atoms with Crippen LogP contribution >= 0.6 is 15.9 Å². The van der Waals surface area contributed by atoms with Crippen molar-refractivity contribution in [1.82, 2.24) is 10.2 Å². The van der Waals surface area contributed by atoms with Crippen LogP contribution in [0.2, 0.25) is 0 Å². The second kappa shape index (κ2) is 6.59. The predicted octanol–water partition coefficient (Wildman–Crippen LogP) is 3.90. The first-order valence-corrected chi connectivity index (χ1v) is 8.83. The molecule has 110 valence electrons. The van der Waals surface area contributed by atoms with Gasteiger partial charge in [0.05, 0.1) is 0 Å². The molecule has 1 aromatic rings. The number of nitrogens with one attached hydrogen (secondary N) is 1. The van der Waals surface area contributed by atoms with Crippen molar-refractivity contribution in [3.8, 4) is 0 Å². The van der Waals surface area contributed by atoms with E-state index in [9.17, 15) is 0 Å². The highest BCUT2D eigenvalue weighted by Crippen LogP contribution is 2.38. The van der Waals surface area contributed by atoms with E-state index >= 15 is 0 Å². The van der Waals surface area contributed by atoms with E-state index in [-0.39, 0.29) is 0 Å². The quantitative estimate of drug-likeness (QED) is 0.896. The fraction of sp³-hybridized carbons (Fsp3) is 0.647. The SMILES string of the molecule is CCCN(C1CCCNC1)C1CCc2cc(Br)ccc21. The van der Waals surface area contributed by atoms with E-state index in [1.807, 2.05) is 0 Å². The van der Waals surface area contributed by atoms with Gasteiger partial charge >= 0.3 is 0 Å². The molecule has 1 aliphatic carbocycles. The molecule has 3 heteroatoms. The molecular formula is C17H25BrN2. The van der Waals surface area contributed by atoms with Crippen LogP contribution in [0.15, 0.2) is 22.7 Å². The molecule has 1 N–H and O–H groups in total. The van der Waals surface area contributed by atoms with Gasteiger partial charge in [-0.3, -0.25) is 4.90 Å². The van der Waals surface area contributed by atoms with Gasteiger partial charge in [-0.25, -0.2) is 0 Å². The third kappa shape index (κ3) is 2.95. The summed E-state index contributed by atoms with van der Waals surface area (Å²) in [6.07, 6.45) is 6.46. The Morgan fingerprint density at radius 2 is 2.25 bits per heavy atom. The zero-order chi connectivity index (χ0) is 13.9. The van der Waals surface area contributed by atoms with Gasteiger partial charge in [0.1, 0.15) is 0 Å². The molecule has 2 atom stereocenters. The number of benzene rings is 1. The highest BCUT2D eigenvalue weighted by atomic mass is 79.9. The minimum atomic E-state index is 0.642. The van der Waals surface area contributed by atoms with E-state index in [4.69, 9.17) is 0 Å². The third-order valence-corrected chi connectivity index (χ3v) is 5.27. The van der Waals surface area contributed by atoms with Gasteiger partial charge < -0.3 is 5.32 Å². The van der Waals surface area contributed by atoms with Crippen molar-refractivity contribution < 1.29 is 0 Å². The van der Waals surface area contributed by atoms with Crippen LogP contribution in [0.25, 0.3) is 0 Å². The van der Waals surface area contributed by atoms with Gasteiger partial charge in [-0.05, 0) is 68.5 Å². The molecule has 20 heavy (non-hydrogen) atoms. The van der Waals surface area contributed by atoms with Gasteiger partial charge in [0, 0.05) is 23.1 Å². The highest BCUT2D eigenvalue weighted by Gasteiger charge is 2.32. The first-order valence-electron chi connectivity index (χ1n) is 8.04. The summed E-state index contributed by atoms with van der Waals surface area (Å²) in [7, 11) is 0. The molecule has 0 radical (unpaired) electrons. The van der Waals surface area contributed by atoms with E-state index in [1.54, 1.807) is 11.1 Å². The van der Waals surface area contributed by atoms with Crippen LogP contribution in [0.5, 0.6) is 0 Å². The van der Waals surface area contributed by atoms with Crippen LogP contribution in [-0.2, 0) is 6.42 Å². The molecule has 2 aliphatic rings. The normalized spacial score (nSPS) is 25.9. The average molecular weight is 337 g/mol.